The summed E-state index contributed by atoms with van der Waals surface area (Å²) in [4.78, 5) is 31.4. The first kappa shape index (κ1) is 14.4. The highest BCUT2D eigenvalue weighted by Crippen LogP contribution is 2.41. The lowest BCUT2D eigenvalue weighted by atomic mass is 9.97. The molecule has 5 nitrogen and oxygen atoms in total. The van der Waals surface area contributed by atoms with Crippen LogP contribution in [-0.4, -0.2) is 21.8 Å². The molecule has 6 rings (SSSR count). The molecule has 0 saturated heterocycles. The number of halogens is 2. The Morgan fingerprint density at radius 3 is 1.56 bits per heavy atom. The molecule has 130 valence electrons. The van der Waals surface area contributed by atoms with Crippen LogP contribution >= 0.6 is 0 Å². The molecule has 1 aliphatic heterocycles. The third-order valence-electron chi connectivity index (χ3n) is 5.20. The number of benzene rings is 3. The molecule has 0 saturated carbocycles. The SMILES string of the molecule is O=C1NC(=O)c2c1c1c3ccc(F)cc3[nH]c1c1[nH]c3cc(F)ccc3c21. The summed E-state index contributed by atoms with van der Waals surface area (Å²) in [6.45, 7) is 0. The minimum absolute atomic E-state index is 0.255. The van der Waals surface area contributed by atoms with Crippen molar-refractivity contribution in [1.82, 2.24) is 15.3 Å². The van der Waals surface area contributed by atoms with Gasteiger partial charge >= 0.3 is 0 Å². The van der Waals surface area contributed by atoms with E-state index < -0.39 is 23.4 Å². The Labute approximate surface area is 149 Å². The normalized spacial score (nSPS) is 14.0. The second-order valence-electron chi connectivity index (χ2n) is 6.66. The van der Waals surface area contributed by atoms with Gasteiger partial charge in [-0.1, -0.05) is 0 Å². The number of aromatic amines is 2. The number of carbonyl (C=O) groups is 2. The third kappa shape index (κ3) is 1.66. The van der Waals surface area contributed by atoms with Crippen molar-refractivity contribution in [2.75, 3.05) is 0 Å². The zero-order chi connectivity index (χ0) is 18.4. The quantitative estimate of drug-likeness (QED) is 0.363. The standard InChI is InChI=1S/C20H9F2N3O2/c21-7-1-3-9-11(5-7)23-17-13(9)15-16(20(27)25-19(15)26)14-10-4-2-8(22)6-12(10)24-18(14)17/h1-6,23-24H,(H,25,26,27). The Morgan fingerprint density at radius 2 is 1.11 bits per heavy atom. The lowest BCUT2D eigenvalue weighted by Gasteiger charge is -2.02. The third-order valence-corrected chi connectivity index (χ3v) is 5.20. The fourth-order valence-electron chi connectivity index (χ4n) is 4.17. The Kier molecular flexibility index (Phi) is 2.41. The van der Waals surface area contributed by atoms with Gasteiger partial charge in [0.2, 0.25) is 0 Å². The van der Waals surface area contributed by atoms with Crippen LogP contribution in [0.15, 0.2) is 36.4 Å². The largest absolute Gasteiger partial charge is 0.353 e. The summed E-state index contributed by atoms with van der Waals surface area (Å²) in [5, 5.41) is 4.71. The molecule has 0 atom stereocenters. The molecular weight excluding hydrogens is 352 g/mol. The molecule has 0 radical (unpaired) electrons. The molecule has 0 bridgehead atoms. The van der Waals surface area contributed by atoms with E-state index in [1.807, 2.05) is 0 Å². The number of nitrogens with one attached hydrogen (secondary N) is 3. The lowest BCUT2D eigenvalue weighted by Crippen LogP contribution is -2.20. The lowest BCUT2D eigenvalue weighted by molar-refractivity contribution is 0.0880. The molecule has 27 heavy (non-hydrogen) atoms. The van der Waals surface area contributed by atoms with Crippen molar-refractivity contribution < 1.29 is 18.4 Å². The molecule has 0 spiro atoms. The molecule has 2 amide bonds. The number of rotatable bonds is 0. The van der Waals surface area contributed by atoms with Crippen molar-refractivity contribution in [2.45, 2.75) is 0 Å². The minimum atomic E-state index is -0.497. The van der Waals surface area contributed by atoms with Crippen molar-refractivity contribution >= 4 is 55.4 Å². The zero-order valence-corrected chi connectivity index (χ0v) is 13.5. The second-order valence-corrected chi connectivity index (χ2v) is 6.66. The number of aromatic nitrogens is 2. The first-order chi connectivity index (χ1) is 13.0. The van der Waals surface area contributed by atoms with Gasteiger partial charge in [-0.2, -0.15) is 0 Å². The predicted octanol–water partition coefficient (Wildman–Crippen LogP) is 4.12. The Balaban J connectivity index is 1.98. The smallest absolute Gasteiger partial charge is 0.259 e. The van der Waals surface area contributed by atoms with E-state index in [0.717, 1.165) is 0 Å². The molecular formula is C20H9F2N3O2. The Hall–Kier alpha value is -3.74. The van der Waals surface area contributed by atoms with Crippen molar-refractivity contribution in [3.63, 3.8) is 0 Å². The Morgan fingerprint density at radius 1 is 0.667 bits per heavy atom. The van der Waals surface area contributed by atoms with E-state index in [9.17, 15) is 18.4 Å². The molecule has 1 aliphatic rings. The van der Waals surface area contributed by atoms with E-state index in [0.29, 0.717) is 43.6 Å². The number of hydrogen-bond acceptors (Lipinski definition) is 2. The van der Waals surface area contributed by atoms with Gasteiger partial charge in [0.15, 0.2) is 0 Å². The van der Waals surface area contributed by atoms with Crippen molar-refractivity contribution in [3.05, 3.63) is 59.2 Å². The number of H-pyrrole nitrogens is 2. The van der Waals surface area contributed by atoms with Gasteiger partial charge in [-0.05, 0) is 36.4 Å². The summed E-state index contributed by atoms with van der Waals surface area (Å²) in [6.07, 6.45) is 0. The van der Waals surface area contributed by atoms with Crippen molar-refractivity contribution in [3.8, 4) is 0 Å². The van der Waals surface area contributed by atoms with Gasteiger partial charge in [0, 0.05) is 32.6 Å². The second kappa shape index (κ2) is 4.50. The number of amides is 2. The molecule has 3 N–H and O–H groups in total. The summed E-state index contributed by atoms with van der Waals surface area (Å²) in [5.41, 5.74) is 2.68. The molecule has 0 aliphatic carbocycles. The van der Waals surface area contributed by atoms with Gasteiger partial charge in [-0.3, -0.25) is 14.9 Å². The first-order valence-electron chi connectivity index (χ1n) is 8.26. The van der Waals surface area contributed by atoms with Crippen LogP contribution in [0.3, 0.4) is 0 Å². The van der Waals surface area contributed by atoms with E-state index in [1.165, 1.54) is 24.3 Å². The summed E-state index contributed by atoms with van der Waals surface area (Å²) in [5.74, 6) is -1.82. The van der Waals surface area contributed by atoms with Gasteiger partial charge in [-0.25, -0.2) is 8.78 Å². The van der Waals surface area contributed by atoms with Crippen LogP contribution in [-0.2, 0) is 0 Å². The molecule has 2 aromatic heterocycles. The van der Waals surface area contributed by atoms with Crippen molar-refractivity contribution in [1.29, 1.82) is 0 Å². The van der Waals surface area contributed by atoms with Crippen LogP contribution < -0.4 is 5.32 Å². The molecule has 5 aromatic rings. The summed E-state index contributed by atoms with van der Waals surface area (Å²) >= 11 is 0. The van der Waals surface area contributed by atoms with Crippen LogP contribution in [0.25, 0.3) is 43.6 Å². The summed E-state index contributed by atoms with van der Waals surface area (Å²) in [7, 11) is 0. The molecule has 0 fully saturated rings. The summed E-state index contributed by atoms with van der Waals surface area (Å²) < 4.78 is 27.4. The molecule has 3 heterocycles. The minimum Gasteiger partial charge on any atom is -0.353 e. The van der Waals surface area contributed by atoms with E-state index in [4.69, 9.17) is 0 Å². The van der Waals surface area contributed by atoms with E-state index in [1.54, 1.807) is 12.1 Å². The number of fused-ring (bicyclic) bond motifs is 10. The highest BCUT2D eigenvalue weighted by Gasteiger charge is 2.34. The highest BCUT2D eigenvalue weighted by atomic mass is 19.1. The van der Waals surface area contributed by atoms with Crippen LogP contribution in [0.5, 0.6) is 0 Å². The van der Waals surface area contributed by atoms with E-state index in [-0.39, 0.29) is 11.1 Å². The maximum absolute atomic E-state index is 13.7. The summed E-state index contributed by atoms with van der Waals surface area (Å²) in [6, 6.07) is 8.44. The van der Waals surface area contributed by atoms with Crippen LogP contribution in [0.1, 0.15) is 20.7 Å². The topological polar surface area (TPSA) is 77.8 Å². The monoisotopic (exact) mass is 361 g/mol. The zero-order valence-electron chi connectivity index (χ0n) is 13.5. The molecule has 3 aromatic carbocycles. The fraction of sp³-hybridized carbons (Fsp3) is 0. The Bertz CT molecular complexity index is 1400. The average Bonchev–Trinajstić information content (AvgIpc) is 3.25. The highest BCUT2D eigenvalue weighted by molar-refractivity contribution is 6.39. The number of carbonyl (C=O) groups excluding carboxylic acids is 2. The van der Waals surface area contributed by atoms with Crippen molar-refractivity contribution in [2.24, 2.45) is 0 Å². The van der Waals surface area contributed by atoms with Gasteiger partial charge in [0.1, 0.15) is 11.6 Å². The van der Waals surface area contributed by atoms with Gasteiger partial charge in [0.05, 0.1) is 22.2 Å². The molecule has 7 heteroatoms. The van der Waals surface area contributed by atoms with Crippen LogP contribution in [0.2, 0.25) is 0 Å². The van der Waals surface area contributed by atoms with Crippen LogP contribution in [0, 0.1) is 11.6 Å². The van der Waals surface area contributed by atoms with Gasteiger partial charge in [0.25, 0.3) is 11.8 Å². The predicted molar refractivity (Wildman–Crippen MR) is 96.9 cm³/mol. The van der Waals surface area contributed by atoms with E-state index >= 15 is 0 Å². The maximum atomic E-state index is 13.7. The first-order valence-corrected chi connectivity index (χ1v) is 8.26. The number of imide groups is 1. The van der Waals surface area contributed by atoms with E-state index in [2.05, 4.69) is 15.3 Å². The maximum Gasteiger partial charge on any atom is 0.259 e. The fourth-order valence-corrected chi connectivity index (χ4v) is 4.17. The van der Waals surface area contributed by atoms with Crippen LogP contribution in [0.4, 0.5) is 8.78 Å². The average molecular weight is 361 g/mol. The number of hydrogen-bond donors (Lipinski definition) is 3. The van der Waals surface area contributed by atoms with Gasteiger partial charge in [-0.15, -0.1) is 0 Å². The molecule has 0 unspecified atom stereocenters. The van der Waals surface area contributed by atoms with Gasteiger partial charge < -0.3 is 9.97 Å².